The minimum Gasteiger partial charge on any atom is -0.458 e. The van der Waals surface area contributed by atoms with Crippen molar-refractivity contribution in [3.8, 4) is 0 Å². The second-order valence-electron chi connectivity index (χ2n) is 6.05. The summed E-state index contributed by atoms with van der Waals surface area (Å²) in [4.78, 5) is 12.1. The second-order valence-corrected chi connectivity index (χ2v) is 6.05. The molecule has 0 amide bonds. The third-order valence-corrected chi connectivity index (χ3v) is 4.60. The van der Waals surface area contributed by atoms with Gasteiger partial charge in [0, 0.05) is 0 Å². The van der Waals surface area contributed by atoms with Crippen LogP contribution < -0.4 is 5.73 Å². The van der Waals surface area contributed by atoms with Gasteiger partial charge in [0.1, 0.15) is 11.6 Å². The maximum absolute atomic E-state index is 12.1. The number of carbonyl (C=O) groups is 1. The van der Waals surface area contributed by atoms with Gasteiger partial charge in [-0.15, -0.1) is 0 Å². The van der Waals surface area contributed by atoms with Crippen LogP contribution in [0.2, 0.25) is 0 Å². The Bertz CT molecular complexity index is 449. The first-order valence-electron chi connectivity index (χ1n) is 7.19. The van der Waals surface area contributed by atoms with E-state index in [1.54, 1.807) is 0 Å². The molecule has 1 aromatic carbocycles. The Morgan fingerprint density at radius 2 is 2.00 bits per heavy atom. The number of ether oxygens (including phenoxy) is 1. The van der Waals surface area contributed by atoms with Gasteiger partial charge in [-0.05, 0) is 50.0 Å². The molecule has 102 valence electrons. The van der Waals surface area contributed by atoms with E-state index in [-0.39, 0.29) is 11.6 Å². The number of hydrogen-bond acceptors (Lipinski definition) is 3. The maximum atomic E-state index is 12.1. The van der Waals surface area contributed by atoms with Crippen LogP contribution in [0.4, 0.5) is 0 Å². The van der Waals surface area contributed by atoms with E-state index < -0.39 is 6.04 Å². The molecule has 0 aromatic heterocycles. The first kappa shape index (κ1) is 12.7. The molecule has 2 aliphatic carbocycles. The van der Waals surface area contributed by atoms with Crippen molar-refractivity contribution >= 4 is 5.97 Å². The zero-order valence-electron chi connectivity index (χ0n) is 11.2. The number of rotatable bonds is 4. The zero-order chi connectivity index (χ0) is 13.3. The average Bonchev–Trinajstić information content (AvgIpc) is 2.99. The minimum absolute atomic E-state index is 0.171. The van der Waals surface area contributed by atoms with Crippen LogP contribution in [-0.4, -0.2) is 17.6 Å². The van der Waals surface area contributed by atoms with E-state index in [1.165, 1.54) is 12.8 Å². The standard InChI is InChI=1S/C16H21NO2/c17-14(10-12-4-2-1-3-5-12)15(18)19-16-8-6-13(11-16)7-9-16/h1-5,13-14H,6-11,17H2/t13?,14-,16?/m0/s1. The van der Waals surface area contributed by atoms with Crippen molar-refractivity contribution < 1.29 is 9.53 Å². The van der Waals surface area contributed by atoms with Gasteiger partial charge in [0.05, 0.1) is 0 Å². The fourth-order valence-electron chi connectivity index (χ4n) is 3.52. The quantitative estimate of drug-likeness (QED) is 0.845. The van der Waals surface area contributed by atoms with Crippen molar-refractivity contribution in [3.05, 3.63) is 35.9 Å². The summed E-state index contributed by atoms with van der Waals surface area (Å²) in [6, 6.07) is 9.33. The lowest BCUT2D eigenvalue weighted by Gasteiger charge is -2.28. The first-order valence-corrected chi connectivity index (χ1v) is 7.19. The fourth-order valence-corrected chi connectivity index (χ4v) is 3.52. The van der Waals surface area contributed by atoms with Crippen LogP contribution in [0, 0.1) is 5.92 Å². The fraction of sp³-hybridized carbons (Fsp3) is 0.562. The molecule has 0 saturated heterocycles. The average molecular weight is 259 g/mol. The predicted molar refractivity (Wildman–Crippen MR) is 73.5 cm³/mol. The van der Waals surface area contributed by atoms with Crippen molar-refractivity contribution in [3.63, 3.8) is 0 Å². The Morgan fingerprint density at radius 1 is 1.32 bits per heavy atom. The molecule has 2 N–H and O–H groups in total. The SMILES string of the molecule is N[C@@H](Cc1ccccc1)C(=O)OC12CCC(CC1)C2. The molecule has 2 aliphatic rings. The van der Waals surface area contributed by atoms with Crippen molar-refractivity contribution in [2.45, 2.75) is 50.2 Å². The van der Waals surface area contributed by atoms with Gasteiger partial charge in [-0.3, -0.25) is 4.79 Å². The summed E-state index contributed by atoms with van der Waals surface area (Å²) in [6.45, 7) is 0. The number of fused-ring (bicyclic) bond motifs is 2. The Balaban J connectivity index is 1.58. The predicted octanol–water partition coefficient (Wildman–Crippen LogP) is 2.43. The molecule has 1 atom stereocenters. The Morgan fingerprint density at radius 3 is 2.58 bits per heavy atom. The van der Waals surface area contributed by atoms with Crippen LogP contribution in [0.5, 0.6) is 0 Å². The van der Waals surface area contributed by atoms with E-state index in [9.17, 15) is 4.79 Å². The number of nitrogens with two attached hydrogens (primary N) is 1. The molecule has 0 radical (unpaired) electrons. The molecular formula is C16H21NO2. The molecule has 2 fully saturated rings. The first-order chi connectivity index (χ1) is 9.17. The van der Waals surface area contributed by atoms with E-state index in [1.807, 2.05) is 30.3 Å². The lowest BCUT2D eigenvalue weighted by atomic mass is 9.97. The van der Waals surface area contributed by atoms with Gasteiger partial charge in [-0.2, -0.15) is 0 Å². The lowest BCUT2D eigenvalue weighted by molar-refractivity contribution is -0.160. The van der Waals surface area contributed by atoms with Crippen LogP contribution in [0.3, 0.4) is 0 Å². The van der Waals surface area contributed by atoms with E-state index >= 15 is 0 Å². The van der Waals surface area contributed by atoms with E-state index in [4.69, 9.17) is 10.5 Å². The second kappa shape index (κ2) is 4.97. The molecule has 3 nitrogen and oxygen atoms in total. The minimum atomic E-state index is -0.545. The molecule has 19 heavy (non-hydrogen) atoms. The summed E-state index contributed by atoms with van der Waals surface area (Å²) in [5.41, 5.74) is 6.89. The zero-order valence-corrected chi connectivity index (χ0v) is 11.2. The molecular weight excluding hydrogens is 238 g/mol. The molecule has 0 heterocycles. The van der Waals surface area contributed by atoms with Crippen LogP contribution in [0.25, 0.3) is 0 Å². The van der Waals surface area contributed by atoms with E-state index in [2.05, 4.69) is 0 Å². The van der Waals surface area contributed by atoms with Gasteiger partial charge >= 0.3 is 5.97 Å². The Kier molecular flexibility index (Phi) is 3.31. The molecule has 3 rings (SSSR count). The largest absolute Gasteiger partial charge is 0.458 e. The highest BCUT2D eigenvalue weighted by Gasteiger charge is 2.48. The highest BCUT2D eigenvalue weighted by atomic mass is 16.6. The number of esters is 1. The maximum Gasteiger partial charge on any atom is 0.323 e. The van der Waals surface area contributed by atoms with Gasteiger partial charge in [0.25, 0.3) is 0 Å². The third kappa shape index (κ3) is 2.66. The summed E-state index contributed by atoms with van der Waals surface area (Å²) >= 11 is 0. The Labute approximate surface area is 114 Å². The molecule has 1 aromatic rings. The van der Waals surface area contributed by atoms with Crippen molar-refractivity contribution in [2.75, 3.05) is 0 Å². The highest BCUT2D eigenvalue weighted by molar-refractivity contribution is 5.76. The number of benzene rings is 1. The molecule has 0 unspecified atom stereocenters. The normalized spacial score (nSPS) is 30.3. The molecule has 2 saturated carbocycles. The van der Waals surface area contributed by atoms with Crippen LogP contribution in [0.1, 0.15) is 37.7 Å². The van der Waals surface area contributed by atoms with Gasteiger partial charge in [-0.25, -0.2) is 0 Å². The lowest BCUT2D eigenvalue weighted by Crippen LogP contribution is -2.40. The molecule has 0 aliphatic heterocycles. The smallest absolute Gasteiger partial charge is 0.323 e. The number of carbonyl (C=O) groups excluding carboxylic acids is 1. The molecule has 3 heteroatoms. The molecule has 2 bridgehead atoms. The van der Waals surface area contributed by atoms with E-state index in [0.717, 1.165) is 30.7 Å². The molecule has 0 spiro atoms. The van der Waals surface area contributed by atoms with Gasteiger partial charge in [0.2, 0.25) is 0 Å². The highest BCUT2D eigenvalue weighted by Crippen LogP contribution is 2.50. The van der Waals surface area contributed by atoms with Crippen LogP contribution >= 0.6 is 0 Å². The summed E-state index contributed by atoms with van der Waals surface area (Å²) in [5.74, 6) is 0.546. The Hall–Kier alpha value is -1.35. The van der Waals surface area contributed by atoms with Gasteiger partial charge in [-0.1, -0.05) is 30.3 Å². The van der Waals surface area contributed by atoms with Crippen molar-refractivity contribution in [1.29, 1.82) is 0 Å². The summed E-state index contributed by atoms with van der Waals surface area (Å²) < 4.78 is 5.76. The third-order valence-electron chi connectivity index (χ3n) is 4.60. The van der Waals surface area contributed by atoms with Crippen molar-refractivity contribution in [2.24, 2.45) is 11.7 Å². The van der Waals surface area contributed by atoms with Crippen LogP contribution in [0.15, 0.2) is 30.3 Å². The summed E-state index contributed by atoms with van der Waals surface area (Å²) in [6.07, 6.45) is 6.08. The number of hydrogen-bond donors (Lipinski definition) is 1. The van der Waals surface area contributed by atoms with Crippen molar-refractivity contribution in [1.82, 2.24) is 0 Å². The monoisotopic (exact) mass is 259 g/mol. The summed E-state index contributed by atoms with van der Waals surface area (Å²) in [7, 11) is 0. The van der Waals surface area contributed by atoms with Gasteiger partial charge < -0.3 is 10.5 Å². The van der Waals surface area contributed by atoms with Gasteiger partial charge in [0.15, 0.2) is 0 Å². The van der Waals surface area contributed by atoms with E-state index in [0.29, 0.717) is 6.42 Å². The topological polar surface area (TPSA) is 52.3 Å². The summed E-state index contributed by atoms with van der Waals surface area (Å²) in [5, 5.41) is 0. The van der Waals surface area contributed by atoms with Crippen LogP contribution in [-0.2, 0) is 16.0 Å².